The van der Waals surface area contributed by atoms with Crippen LogP contribution in [0.25, 0.3) is 10.9 Å². The molecule has 0 unspecified atom stereocenters. The number of aromatic amines is 1. The Morgan fingerprint density at radius 3 is 2.40 bits per heavy atom. The number of amides is 4. The van der Waals surface area contributed by atoms with Gasteiger partial charge in [-0.1, -0.05) is 42.8 Å². The van der Waals surface area contributed by atoms with Crippen LogP contribution in [0.5, 0.6) is 0 Å². The number of aromatic nitrogens is 1. The van der Waals surface area contributed by atoms with E-state index in [2.05, 4.69) is 33.9 Å². The summed E-state index contributed by atoms with van der Waals surface area (Å²) in [6.07, 6.45) is 0.876. The van der Waals surface area contributed by atoms with E-state index in [1.54, 1.807) is 31.7 Å². The van der Waals surface area contributed by atoms with Gasteiger partial charge >= 0.3 is 6.09 Å². The molecule has 0 aliphatic carbocycles. The number of fused-ring (bicyclic) bond motifs is 1. The maximum absolute atomic E-state index is 13.7. The molecule has 230 valence electrons. The lowest BCUT2D eigenvalue weighted by atomic mass is 9.77. The Balaban J connectivity index is 1.43. The van der Waals surface area contributed by atoms with Gasteiger partial charge in [-0.15, -0.1) is 0 Å². The molecule has 0 saturated carbocycles. The minimum atomic E-state index is -0.951. The number of likely N-dealkylation sites (tertiary alicyclic amines) is 1. The molecule has 1 fully saturated rings. The average molecular weight is 610 g/mol. The summed E-state index contributed by atoms with van der Waals surface area (Å²) in [6, 6.07) is 15.1. The molecule has 0 spiro atoms. The van der Waals surface area contributed by atoms with Crippen molar-refractivity contribution in [3.63, 3.8) is 0 Å². The molecule has 0 radical (unpaired) electrons. The van der Waals surface area contributed by atoms with Crippen LogP contribution in [-0.2, 0) is 27.3 Å². The number of halogens is 1. The third-order valence-corrected chi connectivity index (χ3v) is 8.03. The van der Waals surface area contributed by atoms with Crippen LogP contribution in [0, 0.1) is 5.41 Å². The van der Waals surface area contributed by atoms with Gasteiger partial charge in [0.05, 0.1) is 5.41 Å². The molecule has 4 rings (SSSR count). The fourth-order valence-corrected chi connectivity index (χ4v) is 5.32. The van der Waals surface area contributed by atoms with Crippen molar-refractivity contribution in [2.24, 2.45) is 5.41 Å². The zero-order chi connectivity index (χ0) is 31.2. The summed E-state index contributed by atoms with van der Waals surface area (Å²) in [5.74, 6) is -0.812. The molecule has 4 N–H and O–H groups in total. The zero-order valence-corrected chi connectivity index (χ0v) is 25.9. The Bertz CT molecular complexity index is 1490. The van der Waals surface area contributed by atoms with Crippen LogP contribution in [-0.4, -0.2) is 65.5 Å². The van der Waals surface area contributed by atoms with Gasteiger partial charge in [-0.05, 0) is 75.4 Å². The SMILES string of the molecule is CCc1ccc2[nH]c(C(=O)NCC3(C(=O)NCc4ccccc4Cl)CCN(C(=O)CNC(=O)OC(C)(C)C)CC3)cc2c1. The van der Waals surface area contributed by atoms with Gasteiger partial charge in [0.15, 0.2) is 0 Å². The number of piperidine rings is 1. The van der Waals surface area contributed by atoms with E-state index in [0.717, 1.165) is 22.9 Å². The first-order chi connectivity index (χ1) is 20.4. The van der Waals surface area contributed by atoms with E-state index in [0.29, 0.717) is 23.6 Å². The Kier molecular flexibility index (Phi) is 10.0. The molecule has 1 saturated heterocycles. The van der Waals surface area contributed by atoms with Gasteiger partial charge in [-0.3, -0.25) is 14.4 Å². The molecule has 1 aliphatic rings. The van der Waals surface area contributed by atoms with Gasteiger partial charge in [0.25, 0.3) is 5.91 Å². The first-order valence-corrected chi connectivity index (χ1v) is 14.9. The van der Waals surface area contributed by atoms with Gasteiger partial charge in [-0.25, -0.2) is 4.79 Å². The molecule has 2 aromatic carbocycles. The highest BCUT2D eigenvalue weighted by Crippen LogP contribution is 2.32. The lowest BCUT2D eigenvalue weighted by molar-refractivity contribution is -0.140. The molecule has 1 aliphatic heterocycles. The summed E-state index contributed by atoms with van der Waals surface area (Å²) in [5, 5.41) is 9.95. The second kappa shape index (κ2) is 13.5. The van der Waals surface area contributed by atoms with Gasteiger partial charge in [-0.2, -0.15) is 0 Å². The first-order valence-electron chi connectivity index (χ1n) is 14.6. The number of carbonyl (C=O) groups is 4. The summed E-state index contributed by atoms with van der Waals surface area (Å²) in [7, 11) is 0. The van der Waals surface area contributed by atoms with E-state index in [-0.39, 0.29) is 50.4 Å². The third kappa shape index (κ3) is 8.28. The highest BCUT2D eigenvalue weighted by atomic mass is 35.5. The molecule has 2 heterocycles. The van der Waals surface area contributed by atoms with Crippen molar-refractivity contribution in [1.29, 1.82) is 0 Å². The van der Waals surface area contributed by atoms with E-state index >= 15 is 0 Å². The van der Waals surface area contributed by atoms with Gasteiger partial charge in [0.2, 0.25) is 11.8 Å². The monoisotopic (exact) mass is 609 g/mol. The fourth-order valence-electron chi connectivity index (χ4n) is 5.12. The lowest BCUT2D eigenvalue weighted by Gasteiger charge is -2.40. The Morgan fingerprint density at radius 2 is 1.72 bits per heavy atom. The van der Waals surface area contributed by atoms with Crippen LogP contribution in [0.4, 0.5) is 4.79 Å². The van der Waals surface area contributed by atoms with Crippen LogP contribution in [0.2, 0.25) is 5.02 Å². The number of rotatable bonds is 9. The normalized spacial score (nSPS) is 14.7. The van der Waals surface area contributed by atoms with Crippen LogP contribution in [0.15, 0.2) is 48.5 Å². The predicted molar refractivity (Wildman–Crippen MR) is 166 cm³/mol. The quantitative estimate of drug-likeness (QED) is 0.282. The third-order valence-electron chi connectivity index (χ3n) is 7.66. The number of H-pyrrole nitrogens is 1. The topological polar surface area (TPSA) is 133 Å². The van der Waals surface area contributed by atoms with Gasteiger partial charge in [0.1, 0.15) is 17.8 Å². The number of ether oxygens (including phenoxy) is 1. The van der Waals surface area contributed by atoms with Crippen molar-refractivity contribution < 1.29 is 23.9 Å². The minimum Gasteiger partial charge on any atom is -0.444 e. The van der Waals surface area contributed by atoms with Gasteiger partial charge in [0, 0.05) is 42.1 Å². The maximum Gasteiger partial charge on any atom is 0.408 e. The molecule has 1 aromatic heterocycles. The highest BCUT2D eigenvalue weighted by molar-refractivity contribution is 6.31. The number of nitrogens with one attached hydrogen (secondary N) is 4. The highest BCUT2D eigenvalue weighted by Gasteiger charge is 2.42. The summed E-state index contributed by atoms with van der Waals surface area (Å²) in [4.78, 5) is 56.5. The number of nitrogens with zero attached hydrogens (tertiary/aromatic N) is 1. The summed E-state index contributed by atoms with van der Waals surface area (Å²) < 4.78 is 5.21. The summed E-state index contributed by atoms with van der Waals surface area (Å²) in [6.45, 7) is 8.00. The number of alkyl carbamates (subject to hydrolysis) is 1. The van der Waals surface area contributed by atoms with Crippen molar-refractivity contribution in [3.8, 4) is 0 Å². The zero-order valence-electron chi connectivity index (χ0n) is 25.1. The molecule has 3 aromatic rings. The van der Waals surface area contributed by atoms with Crippen molar-refractivity contribution in [1.82, 2.24) is 25.8 Å². The predicted octanol–water partition coefficient (Wildman–Crippen LogP) is 4.56. The van der Waals surface area contributed by atoms with Crippen LogP contribution in [0.3, 0.4) is 0 Å². The smallest absolute Gasteiger partial charge is 0.408 e. The number of hydrogen-bond acceptors (Lipinski definition) is 5. The van der Waals surface area contributed by atoms with Crippen molar-refractivity contribution in [2.45, 2.75) is 59.1 Å². The first kappa shape index (κ1) is 31.9. The summed E-state index contributed by atoms with van der Waals surface area (Å²) >= 11 is 6.30. The molecule has 0 bridgehead atoms. The molecule has 10 nitrogen and oxygen atoms in total. The standard InChI is InChI=1S/C32H40ClN5O5/c1-5-21-10-11-25-23(16-21)17-26(37-25)28(40)36-20-32(29(41)34-18-22-8-6-7-9-24(22)33)12-14-38(15-13-32)27(39)19-35-30(42)43-31(2,3)4/h6-11,16-17,37H,5,12-15,18-20H2,1-4H3,(H,34,41)(H,35,42)(H,36,40). The largest absolute Gasteiger partial charge is 0.444 e. The number of hydrogen-bond donors (Lipinski definition) is 4. The van der Waals surface area contributed by atoms with E-state index in [4.69, 9.17) is 16.3 Å². The number of benzene rings is 2. The minimum absolute atomic E-state index is 0.0912. The van der Waals surface area contributed by atoms with Crippen LogP contribution >= 0.6 is 11.6 Å². The lowest BCUT2D eigenvalue weighted by Crippen LogP contribution is -2.55. The van der Waals surface area contributed by atoms with E-state index in [9.17, 15) is 19.2 Å². The van der Waals surface area contributed by atoms with E-state index < -0.39 is 17.1 Å². The second-order valence-corrected chi connectivity index (χ2v) is 12.3. The molecule has 4 amide bonds. The van der Waals surface area contributed by atoms with Crippen molar-refractivity contribution in [2.75, 3.05) is 26.2 Å². The van der Waals surface area contributed by atoms with Gasteiger partial charge < -0.3 is 30.6 Å². The number of carbonyl (C=O) groups excluding carboxylic acids is 4. The molecule has 11 heteroatoms. The van der Waals surface area contributed by atoms with Crippen molar-refractivity contribution in [3.05, 3.63) is 70.4 Å². The number of aryl methyl sites for hydroxylation is 1. The van der Waals surface area contributed by atoms with E-state index in [1.807, 2.05) is 36.4 Å². The molecule has 0 atom stereocenters. The summed E-state index contributed by atoms with van der Waals surface area (Å²) in [5.41, 5.74) is 1.60. The Hall–Kier alpha value is -4.05. The molecular formula is C32H40ClN5O5. The second-order valence-electron chi connectivity index (χ2n) is 11.9. The molecular weight excluding hydrogens is 570 g/mol. The average Bonchev–Trinajstić information content (AvgIpc) is 3.41. The molecule has 43 heavy (non-hydrogen) atoms. The Morgan fingerprint density at radius 1 is 1.00 bits per heavy atom. The van der Waals surface area contributed by atoms with Crippen molar-refractivity contribution >= 4 is 46.3 Å². The fraction of sp³-hybridized carbons (Fsp3) is 0.438. The Labute approximate surface area is 256 Å². The van der Waals surface area contributed by atoms with Crippen LogP contribution < -0.4 is 16.0 Å². The van der Waals surface area contributed by atoms with E-state index in [1.165, 1.54) is 5.56 Å². The van der Waals surface area contributed by atoms with Crippen LogP contribution in [0.1, 0.15) is 62.2 Å². The maximum atomic E-state index is 13.7.